The number of nitrogens with zero attached hydrogens (tertiary/aromatic N) is 1. The summed E-state index contributed by atoms with van der Waals surface area (Å²) < 4.78 is 27.9. The van der Waals surface area contributed by atoms with Crippen LogP contribution in [-0.2, 0) is 10.0 Å². The van der Waals surface area contributed by atoms with E-state index in [4.69, 9.17) is 0 Å². The van der Waals surface area contributed by atoms with Crippen LogP contribution in [0.4, 0.5) is 5.82 Å². The van der Waals surface area contributed by atoms with Crippen LogP contribution < -0.4 is 4.72 Å². The number of anilines is 1. The summed E-state index contributed by atoms with van der Waals surface area (Å²) in [4.78, 5) is 4.50. The van der Waals surface area contributed by atoms with Crippen molar-refractivity contribution in [2.75, 3.05) is 4.72 Å². The lowest BCUT2D eigenvalue weighted by Crippen LogP contribution is -2.13. The molecule has 0 spiro atoms. The first-order chi connectivity index (χ1) is 10.0. The van der Waals surface area contributed by atoms with Crippen molar-refractivity contribution < 1.29 is 8.42 Å². The molecule has 0 atom stereocenters. The van der Waals surface area contributed by atoms with Crippen LogP contribution in [0, 0.1) is 0 Å². The highest BCUT2D eigenvalue weighted by Crippen LogP contribution is 2.19. The number of halogens is 1. The largest absolute Gasteiger partial charge is 0.263 e. The Bertz CT molecular complexity index is 893. The van der Waals surface area contributed by atoms with E-state index >= 15 is 0 Å². The maximum absolute atomic E-state index is 12.3. The van der Waals surface area contributed by atoms with E-state index < -0.39 is 10.0 Å². The molecule has 0 saturated carbocycles. The molecule has 1 N–H and O–H groups in total. The predicted molar refractivity (Wildman–Crippen MR) is 86.7 cm³/mol. The number of aromatic nitrogens is 1. The Hall–Kier alpha value is -1.92. The Labute approximate surface area is 131 Å². The fraction of sp³-hybridized carbons (Fsp3) is 0. The van der Waals surface area contributed by atoms with E-state index in [9.17, 15) is 8.42 Å². The van der Waals surface area contributed by atoms with Gasteiger partial charge in [0.25, 0.3) is 10.0 Å². The molecule has 0 saturated heterocycles. The molecule has 6 heteroatoms. The highest BCUT2D eigenvalue weighted by molar-refractivity contribution is 9.10. The number of hydrogen-bond donors (Lipinski definition) is 1. The number of rotatable bonds is 3. The van der Waals surface area contributed by atoms with Gasteiger partial charge in [-0.1, -0.05) is 34.1 Å². The first-order valence-corrected chi connectivity index (χ1v) is 8.46. The van der Waals surface area contributed by atoms with Gasteiger partial charge in [-0.25, -0.2) is 13.4 Å². The first-order valence-electron chi connectivity index (χ1n) is 6.19. The summed E-state index contributed by atoms with van der Waals surface area (Å²) in [6, 6.07) is 17.5. The van der Waals surface area contributed by atoms with Gasteiger partial charge < -0.3 is 0 Å². The summed E-state index contributed by atoms with van der Waals surface area (Å²) in [7, 11) is -3.63. The number of benzene rings is 2. The molecular weight excluding hydrogens is 352 g/mol. The standard InChI is InChI=1S/C15H11BrN2O2S/c16-12-6-8-13(9-7-12)21(19,20)18-15-10-5-11-3-1-2-4-14(11)17-15/h1-10H,(H,17,18). The lowest BCUT2D eigenvalue weighted by atomic mass is 10.2. The third kappa shape index (κ3) is 3.06. The van der Waals surface area contributed by atoms with Gasteiger partial charge in [0.1, 0.15) is 5.82 Å². The Morgan fingerprint density at radius 3 is 2.38 bits per heavy atom. The molecule has 3 aromatic rings. The summed E-state index contributed by atoms with van der Waals surface area (Å²) in [5.74, 6) is 0.302. The van der Waals surface area contributed by atoms with E-state index in [1.54, 1.807) is 18.2 Å². The van der Waals surface area contributed by atoms with E-state index in [-0.39, 0.29) is 4.90 Å². The average Bonchev–Trinajstić information content (AvgIpc) is 2.47. The second kappa shape index (κ2) is 5.46. The average molecular weight is 363 g/mol. The highest BCUT2D eigenvalue weighted by Gasteiger charge is 2.14. The Balaban J connectivity index is 1.95. The second-order valence-electron chi connectivity index (χ2n) is 4.45. The number of sulfonamides is 1. The van der Waals surface area contributed by atoms with Gasteiger partial charge in [-0.2, -0.15) is 0 Å². The van der Waals surface area contributed by atoms with Crippen molar-refractivity contribution in [1.29, 1.82) is 0 Å². The molecule has 0 bridgehead atoms. The van der Waals surface area contributed by atoms with Crippen molar-refractivity contribution >= 4 is 42.7 Å². The molecule has 0 aliphatic carbocycles. The lowest BCUT2D eigenvalue weighted by molar-refractivity contribution is 0.601. The highest BCUT2D eigenvalue weighted by atomic mass is 79.9. The molecule has 1 aromatic heterocycles. The molecular formula is C15H11BrN2O2S. The van der Waals surface area contributed by atoms with Crippen LogP contribution in [0.15, 0.2) is 70.0 Å². The van der Waals surface area contributed by atoms with Gasteiger partial charge in [0.2, 0.25) is 0 Å². The zero-order valence-electron chi connectivity index (χ0n) is 10.8. The van der Waals surface area contributed by atoms with Crippen LogP contribution in [0.5, 0.6) is 0 Å². The normalized spacial score (nSPS) is 11.5. The van der Waals surface area contributed by atoms with Crippen molar-refractivity contribution in [3.05, 3.63) is 65.1 Å². The summed E-state index contributed by atoms with van der Waals surface area (Å²) in [6.07, 6.45) is 0. The third-order valence-corrected chi connectivity index (χ3v) is 4.86. The molecule has 4 nitrogen and oxygen atoms in total. The second-order valence-corrected chi connectivity index (χ2v) is 7.05. The fourth-order valence-corrected chi connectivity index (χ4v) is 3.20. The van der Waals surface area contributed by atoms with Gasteiger partial charge in [0, 0.05) is 9.86 Å². The van der Waals surface area contributed by atoms with E-state index in [2.05, 4.69) is 25.6 Å². The molecule has 21 heavy (non-hydrogen) atoms. The van der Waals surface area contributed by atoms with Gasteiger partial charge in [0.15, 0.2) is 0 Å². The van der Waals surface area contributed by atoms with Gasteiger partial charge in [-0.3, -0.25) is 4.72 Å². The van der Waals surface area contributed by atoms with E-state index in [1.165, 1.54) is 12.1 Å². The Morgan fingerprint density at radius 1 is 0.905 bits per heavy atom. The third-order valence-electron chi connectivity index (χ3n) is 2.96. The minimum absolute atomic E-state index is 0.195. The molecule has 106 valence electrons. The Kier molecular flexibility index (Phi) is 3.65. The monoisotopic (exact) mass is 362 g/mol. The smallest absolute Gasteiger partial charge is 0.263 e. The summed E-state index contributed by atoms with van der Waals surface area (Å²) in [6.45, 7) is 0. The van der Waals surface area contributed by atoms with Crippen molar-refractivity contribution in [3.8, 4) is 0 Å². The summed E-state index contributed by atoms with van der Waals surface area (Å²) >= 11 is 3.28. The molecule has 0 radical (unpaired) electrons. The Morgan fingerprint density at radius 2 is 1.62 bits per heavy atom. The van der Waals surface area contributed by atoms with Gasteiger partial charge >= 0.3 is 0 Å². The molecule has 0 amide bonds. The van der Waals surface area contributed by atoms with Crippen LogP contribution in [0.25, 0.3) is 10.9 Å². The lowest BCUT2D eigenvalue weighted by Gasteiger charge is -2.08. The maximum Gasteiger partial charge on any atom is 0.263 e. The van der Waals surface area contributed by atoms with Gasteiger partial charge in [-0.15, -0.1) is 0 Å². The maximum atomic E-state index is 12.3. The van der Waals surface area contributed by atoms with Crippen molar-refractivity contribution in [2.45, 2.75) is 4.90 Å². The zero-order valence-corrected chi connectivity index (χ0v) is 13.2. The van der Waals surface area contributed by atoms with Crippen LogP contribution in [0.1, 0.15) is 0 Å². The molecule has 0 aliphatic rings. The van der Waals surface area contributed by atoms with Crippen LogP contribution in [0.2, 0.25) is 0 Å². The first kappa shape index (κ1) is 14.0. The molecule has 2 aromatic carbocycles. The van der Waals surface area contributed by atoms with E-state index in [1.807, 2.05) is 30.3 Å². The van der Waals surface area contributed by atoms with Crippen molar-refractivity contribution in [2.24, 2.45) is 0 Å². The minimum Gasteiger partial charge on any atom is -0.263 e. The summed E-state index contributed by atoms with van der Waals surface area (Å²) in [5, 5.41) is 0.962. The van der Waals surface area contributed by atoms with Gasteiger partial charge in [-0.05, 0) is 42.5 Å². The number of nitrogens with one attached hydrogen (secondary N) is 1. The quantitative estimate of drug-likeness (QED) is 0.770. The topological polar surface area (TPSA) is 59.1 Å². The van der Waals surface area contributed by atoms with Crippen LogP contribution >= 0.6 is 15.9 Å². The van der Waals surface area contributed by atoms with Crippen molar-refractivity contribution in [3.63, 3.8) is 0 Å². The number of fused-ring (bicyclic) bond motifs is 1. The number of para-hydroxylation sites is 1. The number of hydrogen-bond acceptors (Lipinski definition) is 3. The summed E-state index contributed by atoms with van der Waals surface area (Å²) in [5.41, 5.74) is 0.744. The van der Waals surface area contributed by atoms with E-state index in [0.29, 0.717) is 5.82 Å². The minimum atomic E-state index is -3.63. The fourth-order valence-electron chi connectivity index (χ4n) is 1.93. The van der Waals surface area contributed by atoms with Crippen molar-refractivity contribution in [1.82, 2.24) is 4.98 Å². The van der Waals surface area contributed by atoms with Crippen LogP contribution in [0.3, 0.4) is 0 Å². The zero-order chi connectivity index (χ0) is 14.9. The van der Waals surface area contributed by atoms with Gasteiger partial charge in [0.05, 0.1) is 10.4 Å². The predicted octanol–water partition coefficient (Wildman–Crippen LogP) is 3.80. The molecule has 0 fully saturated rings. The van der Waals surface area contributed by atoms with E-state index in [0.717, 1.165) is 15.4 Å². The molecule has 1 heterocycles. The molecule has 0 unspecified atom stereocenters. The molecule has 0 aliphatic heterocycles. The number of pyridine rings is 1. The molecule has 3 rings (SSSR count). The SMILES string of the molecule is O=S(=O)(Nc1ccc2ccccc2n1)c1ccc(Br)cc1. The van der Waals surface area contributed by atoms with Crippen LogP contribution in [-0.4, -0.2) is 13.4 Å².